The van der Waals surface area contributed by atoms with Crippen LogP contribution in [0.25, 0.3) is 0 Å². The summed E-state index contributed by atoms with van der Waals surface area (Å²) in [6, 6.07) is -7.86. The Hall–Kier alpha value is -7.40. The van der Waals surface area contributed by atoms with Crippen molar-refractivity contribution in [3.63, 3.8) is 0 Å². The number of carbonyl (C=O) groups is 7. The van der Waals surface area contributed by atoms with Crippen LogP contribution in [0.15, 0.2) is 0 Å². The zero-order valence-electron chi connectivity index (χ0n) is 36.5. The molecule has 0 aromatic rings. The fourth-order valence-electron chi connectivity index (χ4n) is 5.81. The molecule has 0 heterocycles. The summed E-state index contributed by atoms with van der Waals surface area (Å²) in [6.45, 7) is 0.724. The molecule has 0 saturated carbocycles. The second-order valence-corrected chi connectivity index (χ2v) is 14.7. The Bertz CT molecular complexity index is 1650. The van der Waals surface area contributed by atoms with Crippen molar-refractivity contribution in [2.45, 2.75) is 113 Å². The smallest absolute Gasteiger partial charge is 0.243 e. The van der Waals surface area contributed by atoms with Gasteiger partial charge in [-0.25, -0.2) is 0 Å². The summed E-state index contributed by atoms with van der Waals surface area (Å²) in [7, 11) is 0. The van der Waals surface area contributed by atoms with E-state index in [4.69, 9.17) is 72.9 Å². The van der Waals surface area contributed by atoms with Gasteiger partial charge in [-0.3, -0.25) is 60.6 Å². The van der Waals surface area contributed by atoms with Crippen molar-refractivity contribution in [3.8, 4) is 0 Å². The Morgan fingerprint density at radius 3 is 0.877 bits per heavy atom. The molecule has 30 heteroatoms. The van der Waals surface area contributed by atoms with E-state index in [-0.39, 0.29) is 133 Å². The van der Waals surface area contributed by atoms with Crippen LogP contribution in [0.5, 0.6) is 0 Å². The number of rotatable bonds is 34. The molecular formula is C35H71N23O7. The van der Waals surface area contributed by atoms with Crippen LogP contribution in [-0.4, -0.2) is 140 Å². The van der Waals surface area contributed by atoms with E-state index in [1.54, 1.807) is 0 Å². The van der Waals surface area contributed by atoms with Gasteiger partial charge in [0.15, 0.2) is 29.8 Å². The van der Waals surface area contributed by atoms with Crippen molar-refractivity contribution in [1.82, 2.24) is 53.2 Å². The SMILES string of the molecule is N=C(N)NCCC[C@H](NC(=O)[C@H](CCCNC(=N)N)NC(=O)[C@H](CCCNC(=N)N)NC(=O)[C@H](CCCNC(=N)N)NC(=O)[C@H](CCC(N)=O)NC(=O)[C@@H](N)CCCNC(=N)N)C(N)=O. The van der Waals surface area contributed by atoms with Crippen LogP contribution >= 0.6 is 0 Å². The summed E-state index contributed by atoms with van der Waals surface area (Å²) in [4.78, 5) is 92.6. The maximum atomic E-state index is 14.1. The van der Waals surface area contributed by atoms with Crippen molar-refractivity contribution >= 4 is 71.1 Å². The van der Waals surface area contributed by atoms with Gasteiger partial charge in [0.2, 0.25) is 41.4 Å². The Morgan fingerprint density at radius 2 is 0.600 bits per heavy atom. The second kappa shape index (κ2) is 32.3. The number of hydrogen-bond donors (Lipinski definition) is 23. The zero-order valence-corrected chi connectivity index (χ0v) is 36.5. The summed E-state index contributed by atoms with van der Waals surface area (Å²) in [5, 5.41) is 62.6. The standard InChI is InChI=1S/C35H71N23O7/c36-18(6-1-13-49-31(39)40)26(61)55-23(11-12-24(37)59)30(65)58-22(10-5-17-53-35(47)48)29(64)57-21(9-4-16-52-34(45)46)28(63)56-20(8-3-15-51-33(43)44)27(62)54-19(25(38)60)7-2-14-50-32(41)42/h18-23H,1-17,36H2,(H2,37,59)(H2,38,60)(H,54,62)(H,55,61)(H,56,63)(H,57,64)(H,58,65)(H4,39,40,49)(H4,41,42,50)(H4,43,44,51)(H4,45,46,52)(H4,47,48,53)/t18-,19-,20-,21-,22-,23-/m0/s1. The molecule has 31 N–H and O–H groups in total. The van der Waals surface area contributed by atoms with Crippen LogP contribution in [0, 0.1) is 27.0 Å². The van der Waals surface area contributed by atoms with Crippen LogP contribution in [0.3, 0.4) is 0 Å². The van der Waals surface area contributed by atoms with Crippen molar-refractivity contribution < 1.29 is 33.6 Å². The molecule has 0 spiro atoms. The van der Waals surface area contributed by atoms with Gasteiger partial charge >= 0.3 is 0 Å². The number of guanidine groups is 5. The summed E-state index contributed by atoms with van der Waals surface area (Å²) in [5.41, 5.74) is 43.7. The molecule has 30 nitrogen and oxygen atoms in total. The third-order valence-corrected chi connectivity index (χ3v) is 9.16. The molecule has 6 atom stereocenters. The molecule has 0 aromatic heterocycles. The van der Waals surface area contributed by atoms with Crippen molar-refractivity contribution in [3.05, 3.63) is 0 Å². The van der Waals surface area contributed by atoms with Gasteiger partial charge in [0.25, 0.3) is 0 Å². The Morgan fingerprint density at radius 1 is 0.354 bits per heavy atom. The van der Waals surface area contributed by atoms with E-state index < -0.39 is 77.6 Å². The van der Waals surface area contributed by atoms with E-state index in [1.165, 1.54) is 0 Å². The predicted molar refractivity (Wildman–Crippen MR) is 241 cm³/mol. The Balaban J connectivity index is 6.62. The molecule has 65 heavy (non-hydrogen) atoms. The molecule has 0 radical (unpaired) electrons. The average molecular weight is 926 g/mol. The molecule has 0 rings (SSSR count). The first-order valence-electron chi connectivity index (χ1n) is 20.8. The van der Waals surface area contributed by atoms with E-state index >= 15 is 0 Å². The van der Waals surface area contributed by atoms with Gasteiger partial charge in [0, 0.05) is 39.1 Å². The third kappa shape index (κ3) is 28.8. The first kappa shape index (κ1) is 57.6. The van der Waals surface area contributed by atoms with Crippen molar-refractivity contribution in [1.29, 1.82) is 27.0 Å². The van der Waals surface area contributed by atoms with Crippen LogP contribution in [0.4, 0.5) is 0 Å². The highest BCUT2D eigenvalue weighted by atomic mass is 16.2. The topological polar surface area (TPSA) is 567 Å². The third-order valence-electron chi connectivity index (χ3n) is 9.16. The van der Waals surface area contributed by atoms with Crippen LogP contribution in [0.2, 0.25) is 0 Å². The second-order valence-electron chi connectivity index (χ2n) is 14.7. The lowest BCUT2D eigenvalue weighted by molar-refractivity contribution is -0.135. The van der Waals surface area contributed by atoms with Gasteiger partial charge in [-0.1, -0.05) is 0 Å². The van der Waals surface area contributed by atoms with E-state index in [2.05, 4.69) is 53.2 Å². The Labute approximate surface area is 376 Å². The fraction of sp³-hybridized carbons (Fsp3) is 0.657. The minimum Gasteiger partial charge on any atom is -0.370 e. The highest BCUT2D eigenvalue weighted by Crippen LogP contribution is 2.08. The van der Waals surface area contributed by atoms with Crippen LogP contribution in [0.1, 0.15) is 77.0 Å². The molecule has 0 bridgehead atoms. The fourth-order valence-corrected chi connectivity index (χ4v) is 5.81. The van der Waals surface area contributed by atoms with Gasteiger partial charge in [-0.2, -0.15) is 0 Å². The number of primary amides is 2. The van der Waals surface area contributed by atoms with Crippen molar-refractivity contribution in [2.75, 3.05) is 32.7 Å². The lowest BCUT2D eigenvalue weighted by atomic mass is 10.0. The molecule has 0 aliphatic carbocycles. The number of hydrogen-bond acceptors (Lipinski definition) is 13. The minimum atomic E-state index is -1.41. The van der Waals surface area contributed by atoms with Gasteiger partial charge in [-0.15, -0.1) is 0 Å². The molecule has 0 aliphatic heterocycles. The summed E-state index contributed by atoms with van der Waals surface area (Å²) >= 11 is 0. The highest BCUT2D eigenvalue weighted by Gasteiger charge is 2.33. The maximum Gasteiger partial charge on any atom is 0.243 e. The number of nitrogens with one attached hydrogen (secondary N) is 15. The number of amides is 7. The average Bonchev–Trinajstić information content (AvgIpc) is 3.21. The summed E-state index contributed by atoms with van der Waals surface area (Å²) < 4.78 is 0. The lowest BCUT2D eigenvalue weighted by Crippen LogP contribution is -2.59. The van der Waals surface area contributed by atoms with Crippen molar-refractivity contribution in [2.24, 2.45) is 45.9 Å². The molecule has 7 amide bonds. The largest absolute Gasteiger partial charge is 0.370 e. The zero-order chi connectivity index (χ0) is 49.5. The summed E-state index contributed by atoms with van der Waals surface area (Å²) in [6.07, 6.45) is 0.337. The van der Waals surface area contributed by atoms with Gasteiger partial charge in [-0.05, 0) is 70.6 Å². The molecule has 368 valence electrons. The van der Waals surface area contributed by atoms with Gasteiger partial charge in [0.1, 0.15) is 30.2 Å². The predicted octanol–water partition coefficient (Wildman–Crippen LogP) is -8.20. The van der Waals surface area contributed by atoms with E-state index in [1.807, 2.05) is 0 Å². The summed E-state index contributed by atoms with van der Waals surface area (Å²) in [5.74, 6) is -7.56. The monoisotopic (exact) mass is 926 g/mol. The van der Waals surface area contributed by atoms with Gasteiger partial charge in [0.05, 0.1) is 6.04 Å². The van der Waals surface area contributed by atoms with Crippen LogP contribution in [-0.2, 0) is 33.6 Å². The highest BCUT2D eigenvalue weighted by molar-refractivity contribution is 5.96. The molecular weight excluding hydrogens is 855 g/mol. The molecule has 0 unspecified atom stereocenters. The van der Waals surface area contributed by atoms with E-state index in [0.29, 0.717) is 6.42 Å². The first-order valence-corrected chi connectivity index (χ1v) is 20.8. The number of nitrogens with two attached hydrogens (primary N) is 8. The van der Waals surface area contributed by atoms with E-state index in [9.17, 15) is 33.6 Å². The van der Waals surface area contributed by atoms with Crippen LogP contribution < -0.4 is 99.0 Å². The molecule has 0 aliphatic rings. The maximum absolute atomic E-state index is 14.1. The normalized spacial score (nSPS) is 13.3. The van der Waals surface area contributed by atoms with E-state index in [0.717, 1.165) is 0 Å². The molecule has 0 aromatic carbocycles. The molecule has 0 saturated heterocycles. The Kier molecular flexibility index (Phi) is 28.6. The first-order chi connectivity index (χ1) is 30.5. The van der Waals surface area contributed by atoms with Gasteiger partial charge < -0.3 is 99.0 Å². The quantitative estimate of drug-likeness (QED) is 0.0162. The minimum absolute atomic E-state index is 0.0462. The number of carbonyl (C=O) groups excluding carboxylic acids is 7. The molecule has 0 fully saturated rings. The lowest BCUT2D eigenvalue weighted by Gasteiger charge is -2.27.